The summed E-state index contributed by atoms with van der Waals surface area (Å²) in [6.45, 7) is 6.91. The molecule has 0 aliphatic heterocycles. The van der Waals surface area contributed by atoms with E-state index < -0.39 is 7.38 Å². The van der Waals surface area contributed by atoms with Gasteiger partial charge in [-0.05, 0) is 19.4 Å². The molecule has 0 bridgehead atoms. The van der Waals surface area contributed by atoms with Crippen molar-refractivity contribution < 1.29 is 9.53 Å². The van der Waals surface area contributed by atoms with Crippen molar-refractivity contribution in [1.82, 2.24) is 0 Å². The molecule has 172 valence electrons. The fourth-order valence-corrected chi connectivity index (χ4v) is 5.15. The smallest absolute Gasteiger partial charge is 0.330 e. The summed E-state index contributed by atoms with van der Waals surface area (Å²) >= 11 is 6.36. The quantitative estimate of drug-likeness (QED) is 0.0579. The highest BCUT2D eigenvalue weighted by molar-refractivity contribution is 7.19. The summed E-state index contributed by atoms with van der Waals surface area (Å²) in [6, 6.07) is 1.28. The van der Waals surface area contributed by atoms with Crippen LogP contribution in [0.5, 0.6) is 0 Å². The van der Waals surface area contributed by atoms with Gasteiger partial charge < -0.3 is 4.74 Å². The molecule has 0 aliphatic carbocycles. The lowest BCUT2D eigenvalue weighted by Gasteiger charge is -2.11. The minimum atomic E-state index is -1.32. The van der Waals surface area contributed by atoms with Gasteiger partial charge in [0.15, 0.2) is 0 Å². The van der Waals surface area contributed by atoms with Crippen LogP contribution in [-0.2, 0) is 9.53 Å². The molecular formula is C25H49ClO2Si. The molecule has 0 fully saturated rings. The maximum atomic E-state index is 11.1. The normalized spacial score (nSPS) is 12.0. The monoisotopic (exact) mass is 444 g/mol. The fourth-order valence-electron chi connectivity index (χ4n) is 3.66. The minimum Gasteiger partial charge on any atom is -0.463 e. The standard InChI is InChI=1S/C25H49ClO2Si/c1-4-22-25(27)28-23-20-18-16-14-12-10-8-6-5-7-9-11-13-15-17-19-21-24-29(2,3)26/h4,22H,5-21,23-24H2,1-3H3. The molecule has 0 saturated heterocycles. The van der Waals surface area contributed by atoms with Gasteiger partial charge in [0.05, 0.1) is 6.61 Å². The number of ether oxygens (including phenoxy) is 1. The van der Waals surface area contributed by atoms with E-state index in [4.69, 9.17) is 15.8 Å². The van der Waals surface area contributed by atoms with Gasteiger partial charge in [-0.25, -0.2) is 4.79 Å². The molecule has 0 aliphatic rings. The van der Waals surface area contributed by atoms with Crippen LogP contribution in [-0.4, -0.2) is 20.0 Å². The van der Waals surface area contributed by atoms with Crippen molar-refractivity contribution in [1.29, 1.82) is 0 Å². The second-order valence-corrected chi connectivity index (χ2v) is 16.2. The van der Waals surface area contributed by atoms with E-state index >= 15 is 0 Å². The Hall–Kier alpha value is -0.283. The second kappa shape index (κ2) is 21.0. The van der Waals surface area contributed by atoms with Crippen LogP contribution in [0.15, 0.2) is 12.2 Å². The molecule has 0 saturated carbocycles. The predicted molar refractivity (Wildman–Crippen MR) is 132 cm³/mol. The number of carbonyl (C=O) groups is 1. The third kappa shape index (κ3) is 25.7. The first-order valence-electron chi connectivity index (χ1n) is 12.4. The Balaban J connectivity index is 3.09. The Kier molecular flexibility index (Phi) is 20.8. The maximum Gasteiger partial charge on any atom is 0.330 e. The molecule has 0 rings (SSSR count). The number of carbonyl (C=O) groups excluding carboxylic acids is 1. The number of rotatable bonds is 21. The highest BCUT2D eigenvalue weighted by Crippen LogP contribution is 2.19. The van der Waals surface area contributed by atoms with Crippen molar-refractivity contribution in [3.05, 3.63) is 12.2 Å². The largest absolute Gasteiger partial charge is 0.463 e. The lowest BCUT2D eigenvalue weighted by Crippen LogP contribution is -2.14. The maximum absolute atomic E-state index is 11.1. The first-order chi connectivity index (χ1) is 14.0. The lowest BCUT2D eigenvalue weighted by molar-refractivity contribution is -0.137. The van der Waals surface area contributed by atoms with Crippen molar-refractivity contribution in [3.63, 3.8) is 0 Å². The van der Waals surface area contributed by atoms with E-state index in [0.29, 0.717) is 6.61 Å². The molecule has 0 atom stereocenters. The van der Waals surface area contributed by atoms with Crippen LogP contribution in [0.2, 0.25) is 19.1 Å². The summed E-state index contributed by atoms with van der Waals surface area (Å²) < 4.78 is 5.09. The van der Waals surface area contributed by atoms with Gasteiger partial charge >= 0.3 is 5.97 Å². The molecule has 0 radical (unpaired) electrons. The Morgan fingerprint density at radius 3 is 1.38 bits per heavy atom. The van der Waals surface area contributed by atoms with E-state index in [2.05, 4.69) is 13.1 Å². The van der Waals surface area contributed by atoms with E-state index in [9.17, 15) is 4.79 Å². The van der Waals surface area contributed by atoms with Gasteiger partial charge in [-0.2, -0.15) is 11.1 Å². The molecule has 0 amide bonds. The van der Waals surface area contributed by atoms with Crippen molar-refractivity contribution >= 4 is 24.4 Å². The average molecular weight is 445 g/mol. The number of hydrogen-bond acceptors (Lipinski definition) is 2. The van der Waals surface area contributed by atoms with Crippen LogP contribution in [0.1, 0.15) is 116 Å². The van der Waals surface area contributed by atoms with Crippen LogP contribution >= 0.6 is 11.1 Å². The van der Waals surface area contributed by atoms with Gasteiger partial charge in [-0.3, -0.25) is 0 Å². The molecule has 0 aromatic carbocycles. The third-order valence-electron chi connectivity index (χ3n) is 5.46. The van der Waals surface area contributed by atoms with E-state index in [1.165, 1.54) is 115 Å². The average Bonchev–Trinajstić information content (AvgIpc) is 2.65. The van der Waals surface area contributed by atoms with Crippen molar-refractivity contribution in [2.75, 3.05) is 6.61 Å². The predicted octanol–water partition coefficient (Wildman–Crippen LogP) is 9.18. The molecule has 2 nitrogen and oxygen atoms in total. The first kappa shape index (κ1) is 28.7. The molecule has 0 aromatic heterocycles. The zero-order valence-electron chi connectivity index (χ0n) is 19.8. The van der Waals surface area contributed by atoms with Gasteiger partial charge in [0, 0.05) is 6.08 Å². The summed E-state index contributed by atoms with van der Waals surface area (Å²) in [5.41, 5.74) is 0. The van der Waals surface area contributed by atoms with Gasteiger partial charge in [0.2, 0.25) is 0 Å². The van der Waals surface area contributed by atoms with E-state index in [1.54, 1.807) is 6.08 Å². The van der Waals surface area contributed by atoms with E-state index in [-0.39, 0.29) is 5.97 Å². The van der Waals surface area contributed by atoms with Gasteiger partial charge in [0.25, 0.3) is 0 Å². The summed E-state index contributed by atoms with van der Waals surface area (Å²) in [7, 11) is -1.32. The van der Waals surface area contributed by atoms with E-state index in [1.807, 2.05) is 6.92 Å². The molecule has 0 N–H and O–H groups in total. The van der Waals surface area contributed by atoms with Crippen LogP contribution in [0.25, 0.3) is 0 Å². The number of allylic oxidation sites excluding steroid dienone is 1. The number of esters is 1. The summed E-state index contributed by atoms with van der Waals surface area (Å²) in [5, 5.41) is 0. The topological polar surface area (TPSA) is 26.3 Å². The highest BCUT2D eigenvalue weighted by Gasteiger charge is 2.15. The summed E-state index contributed by atoms with van der Waals surface area (Å²) in [5.74, 6) is -0.212. The minimum absolute atomic E-state index is 0.212. The molecule has 29 heavy (non-hydrogen) atoms. The highest BCUT2D eigenvalue weighted by atomic mass is 35.6. The molecular weight excluding hydrogens is 396 g/mol. The molecule has 0 heterocycles. The Bertz CT molecular complexity index is 391. The third-order valence-corrected chi connectivity index (χ3v) is 7.57. The van der Waals surface area contributed by atoms with Gasteiger partial charge in [-0.15, -0.1) is 0 Å². The zero-order chi connectivity index (χ0) is 21.6. The van der Waals surface area contributed by atoms with Crippen LogP contribution in [0.4, 0.5) is 0 Å². The zero-order valence-corrected chi connectivity index (χ0v) is 21.5. The van der Waals surface area contributed by atoms with Gasteiger partial charge in [-0.1, -0.05) is 122 Å². The van der Waals surface area contributed by atoms with Crippen molar-refractivity contribution in [2.24, 2.45) is 0 Å². The Labute approximate surface area is 187 Å². The van der Waals surface area contributed by atoms with Crippen molar-refractivity contribution in [2.45, 2.75) is 135 Å². The van der Waals surface area contributed by atoms with Gasteiger partial charge in [0.1, 0.15) is 7.38 Å². The molecule has 0 aromatic rings. The summed E-state index contributed by atoms with van der Waals surface area (Å²) in [6.07, 6.45) is 26.2. The molecule has 0 spiro atoms. The number of halogens is 1. The fraction of sp³-hybridized carbons (Fsp3) is 0.880. The van der Waals surface area contributed by atoms with Crippen LogP contribution in [0.3, 0.4) is 0 Å². The van der Waals surface area contributed by atoms with Crippen LogP contribution in [0, 0.1) is 0 Å². The second-order valence-electron chi connectivity index (χ2n) is 9.15. The molecule has 0 unspecified atom stereocenters. The van der Waals surface area contributed by atoms with E-state index in [0.717, 1.165) is 6.42 Å². The number of unbranched alkanes of at least 4 members (excludes halogenated alkanes) is 16. The first-order valence-corrected chi connectivity index (χ1v) is 16.7. The summed E-state index contributed by atoms with van der Waals surface area (Å²) in [4.78, 5) is 11.1. The van der Waals surface area contributed by atoms with Crippen LogP contribution < -0.4 is 0 Å². The Morgan fingerprint density at radius 1 is 0.690 bits per heavy atom. The van der Waals surface area contributed by atoms with Crippen molar-refractivity contribution in [3.8, 4) is 0 Å². The Morgan fingerprint density at radius 2 is 1.03 bits per heavy atom. The lowest BCUT2D eigenvalue weighted by atomic mass is 10.0. The molecule has 4 heteroatoms. The SMILES string of the molecule is CC=CC(=O)OCCCCCCCCCCCCCCCCCCC[Si](C)(C)Cl. The number of hydrogen-bond donors (Lipinski definition) is 0.